The summed E-state index contributed by atoms with van der Waals surface area (Å²) in [4.78, 5) is 14.4. The molecule has 0 atom stereocenters. The summed E-state index contributed by atoms with van der Waals surface area (Å²) in [6.07, 6.45) is 2.34. The van der Waals surface area contributed by atoms with Crippen LogP contribution in [0.1, 0.15) is 12.8 Å². The van der Waals surface area contributed by atoms with Gasteiger partial charge in [-0.1, -0.05) is 6.07 Å². The van der Waals surface area contributed by atoms with E-state index in [0.717, 1.165) is 31.7 Å². The van der Waals surface area contributed by atoms with Crippen molar-refractivity contribution in [1.82, 2.24) is 4.90 Å². The summed E-state index contributed by atoms with van der Waals surface area (Å²) in [5, 5.41) is 2.82. The molecule has 0 saturated carbocycles. The number of methoxy groups -OCH3 is 1. The summed E-state index contributed by atoms with van der Waals surface area (Å²) in [5.74, 6) is 1.89. The van der Waals surface area contributed by atoms with Crippen LogP contribution in [0.25, 0.3) is 0 Å². The van der Waals surface area contributed by atoms with Crippen molar-refractivity contribution >= 4 is 11.6 Å². The Balaban J connectivity index is 1.45. The van der Waals surface area contributed by atoms with E-state index in [1.165, 1.54) is 0 Å². The number of likely N-dealkylation sites (tertiary alicyclic amines) is 1. The molecule has 1 aliphatic heterocycles. The highest BCUT2D eigenvalue weighted by molar-refractivity contribution is 5.91. The van der Waals surface area contributed by atoms with Gasteiger partial charge in [0.2, 0.25) is 0 Å². The number of nitrogens with one attached hydrogen (secondary N) is 1. The minimum atomic E-state index is -0.221. The molecule has 1 fully saturated rings. The zero-order valence-corrected chi connectivity index (χ0v) is 15.8. The monoisotopic (exact) mass is 370 g/mol. The molecule has 1 saturated heterocycles. The zero-order valence-electron chi connectivity index (χ0n) is 15.8. The Morgan fingerprint density at radius 3 is 2.48 bits per heavy atom. The number of rotatable bonds is 7. The molecule has 2 aromatic rings. The highest BCUT2D eigenvalue weighted by Crippen LogP contribution is 2.21. The van der Waals surface area contributed by atoms with Gasteiger partial charge < -0.3 is 24.4 Å². The first-order valence-corrected chi connectivity index (χ1v) is 9.14. The van der Waals surface area contributed by atoms with E-state index in [-0.39, 0.29) is 18.6 Å². The molecule has 2 aromatic carbocycles. The van der Waals surface area contributed by atoms with Gasteiger partial charge in [-0.3, -0.25) is 4.79 Å². The van der Waals surface area contributed by atoms with E-state index in [0.29, 0.717) is 17.2 Å². The molecule has 6 heteroatoms. The van der Waals surface area contributed by atoms with Crippen LogP contribution < -0.4 is 19.5 Å². The molecule has 1 aliphatic rings. The quantitative estimate of drug-likeness (QED) is 0.811. The molecular formula is C21H26N2O4. The van der Waals surface area contributed by atoms with Crippen molar-refractivity contribution in [2.45, 2.75) is 18.9 Å². The fraction of sp³-hybridized carbons (Fsp3) is 0.381. The van der Waals surface area contributed by atoms with Crippen LogP contribution in [0.3, 0.4) is 0 Å². The van der Waals surface area contributed by atoms with Gasteiger partial charge in [0.15, 0.2) is 6.61 Å². The van der Waals surface area contributed by atoms with Gasteiger partial charge in [0.05, 0.1) is 7.11 Å². The Morgan fingerprint density at radius 2 is 1.78 bits per heavy atom. The highest BCUT2D eigenvalue weighted by Gasteiger charge is 2.17. The summed E-state index contributed by atoms with van der Waals surface area (Å²) in [6, 6.07) is 14.6. The Hall–Kier alpha value is -2.73. The zero-order chi connectivity index (χ0) is 19.1. The van der Waals surface area contributed by atoms with Gasteiger partial charge in [-0.25, -0.2) is 0 Å². The second-order valence-electron chi connectivity index (χ2n) is 6.66. The van der Waals surface area contributed by atoms with Crippen LogP contribution in [0.5, 0.6) is 17.2 Å². The van der Waals surface area contributed by atoms with Crippen LogP contribution in [-0.2, 0) is 4.79 Å². The summed E-state index contributed by atoms with van der Waals surface area (Å²) in [7, 11) is 3.72. The fourth-order valence-electron chi connectivity index (χ4n) is 2.95. The predicted molar refractivity (Wildman–Crippen MR) is 105 cm³/mol. The molecule has 1 amide bonds. The summed E-state index contributed by atoms with van der Waals surface area (Å²) in [6.45, 7) is 2.05. The predicted octanol–water partition coefficient (Wildman–Crippen LogP) is 3.19. The largest absolute Gasteiger partial charge is 0.497 e. The van der Waals surface area contributed by atoms with Gasteiger partial charge in [0.1, 0.15) is 23.4 Å². The smallest absolute Gasteiger partial charge is 0.262 e. The van der Waals surface area contributed by atoms with E-state index in [1.807, 2.05) is 36.4 Å². The molecule has 3 rings (SSSR count). The maximum absolute atomic E-state index is 12.1. The third-order valence-corrected chi connectivity index (χ3v) is 4.52. The Morgan fingerprint density at radius 1 is 1.07 bits per heavy atom. The first-order valence-electron chi connectivity index (χ1n) is 9.14. The van der Waals surface area contributed by atoms with Crippen molar-refractivity contribution in [3.8, 4) is 17.2 Å². The Labute approximate surface area is 160 Å². The van der Waals surface area contributed by atoms with E-state index >= 15 is 0 Å². The standard InChI is InChI=1S/C21H26N2O4/c1-23-12-10-18(11-13-23)27-17-8-6-16(7-9-17)22-21(24)15-26-20-5-3-4-19(14-20)25-2/h3-9,14,18H,10-13,15H2,1-2H3,(H,22,24). The summed E-state index contributed by atoms with van der Waals surface area (Å²) >= 11 is 0. The lowest BCUT2D eigenvalue weighted by Crippen LogP contribution is -2.35. The van der Waals surface area contributed by atoms with Crippen molar-refractivity contribution < 1.29 is 19.0 Å². The molecule has 0 bridgehead atoms. The van der Waals surface area contributed by atoms with E-state index < -0.39 is 0 Å². The van der Waals surface area contributed by atoms with Crippen LogP contribution in [0.4, 0.5) is 5.69 Å². The number of nitrogens with zero attached hydrogens (tertiary/aromatic N) is 1. The topological polar surface area (TPSA) is 60.0 Å². The molecule has 0 spiro atoms. The lowest BCUT2D eigenvalue weighted by atomic mass is 10.1. The molecule has 6 nitrogen and oxygen atoms in total. The molecule has 0 unspecified atom stereocenters. The minimum Gasteiger partial charge on any atom is -0.497 e. The average molecular weight is 370 g/mol. The van der Waals surface area contributed by atoms with Gasteiger partial charge in [-0.2, -0.15) is 0 Å². The lowest BCUT2D eigenvalue weighted by Gasteiger charge is -2.29. The molecular weight excluding hydrogens is 344 g/mol. The Bertz CT molecular complexity index is 740. The van der Waals surface area contributed by atoms with Crippen molar-refractivity contribution in [2.75, 3.05) is 39.2 Å². The normalized spacial score (nSPS) is 15.2. The fourth-order valence-corrected chi connectivity index (χ4v) is 2.95. The average Bonchev–Trinajstić information content (AvgIpc) is 2.70. The molecule has 0 radical (unpaired) electrons. The maximum Gasteiger partial charge on any atom is 0.262 e. The van der Waals surface area contributed by atoms with Gasteiger partial charge in [0, 0.05) is 24.8 Å². The molecule has 144 valence electrons. The number of carbonyl (C=O) groups is 1. The molecule has 1 N–H and O–H groups in total. The first kappa shape index (κ1) is 19.0. The third kappa shape index (κ3) is 5.89. The molecule has 0 aromatic heterocycles. The van der Waals surface area contributed by atoms with Crippen LogP contribution in [-0.4, -0.2) is 50.8 Å². The lowest BCUT2D eigenvalue weighted by molar-refractivity contribution is -0.118. The molecule has 0 aliphatic carbocycles. The van der Waals surface area contributed by atoms with Crippen LogP contribution in [0.2, 0.25) is 0 Å². The second-order valence-corrected chi connectivity index (χ2v) is 6.66. The van der Waals surface area contributed by atoms with Gasteiger partial charge >= 0.3 is 0 Å². The number of hydrogen-bond donors (Lipinski definition) is 1. The highest BCUT2D eigenvalue weighted by atomic mass is 16.5. The SMILES string of the molecule is COc1cccc(OCC(=O)Nc2ccc(OC3CCN(C)CC3)cc2)c1. The first-order chi connectivity index (χ1) is 13.1. The van der Waals surface area contributed by atoms with E-state index in [9.17, 15) is 4.79 Å². The van der Waals surface area contributed by atoms with E-state index in [1.54, 1.807) is 19.2 Å². The van der Waals surface area contributed by atoms with Gasteiger partial charge in [-0.05, 0) is 56.3 Å². The summed E-state index contributed by atoms with van der Waals surface area (Å²) in [5.41, 5.74) is 0.713. The van der Waals surface area contributed by atoms with Crippen molar-refractivity contribution in [3.63, 3.8) is 0 Å². The van der Waals surface area contributed by atoms with Gasteiger partial charge in [0.25, 0.3) is 5.91 Å². The number of ether oxygens (including phenoxy) is 3. The van der Waals surface area contributed by atoms with E-state index in [4.69, 9.17) is 14.2 Å². The third-order valence-electron chi connectivity index (χ3n) is 4.52. The minimum absolute atomic E-state index is 0.0684. The summed E-state index contributed by atoms with van der Waals surface area (Å²) < 4.78 is 16.6. The van der Waals surface area contributed by atoms with Crippen LogP contribution in [0.15, 0.2) is 48.5 Å². The number of amides is 1. The number of hydrogen-bond acceptors (Lipinski definition) is 5. The van der Waals surface area contributed by atoms with Crippen molar-refractivity contribution in [3.05, 3.63) is 48.5 Å². The van der Waals surface area contributed by atoms with Crippen molar-refractivity contribution in [2.24, 2.45) is 0 Å². The van der Waals surface area contributed by atoms with Crippen molar-refractivity contribution in [1.29, 1.82) is 0 Å². The van der Waals surface area contributed by atoms with E-state index in [2.05, 4.69) is 17.3 Å². The van der Waals surface area contributed by atoms with Gasteiger partial charge in [-0.15, -0.1) is 0 Å². The number of piperidine rings is 1. The molecule has 1 heterocycles. The number of anilines is 1. The van der Waals surface area contributed by atoms with Crippen LogP contribution >= 0.6 is 0 Å². The Kier molecular flexibility index (Phi) is 6.54. The van der Waals surface area contributed by atoms with Crippen LogP contribution in [0, 0.1) is 0 Å². The number of benzene rings is 2. The second kappa shape index (κ2) is 9.28. The number of carbonyl (C=O) groups excluding carboxylic acids is 1. The maximum atomic E-state index is 12.1. The molecule has 27 heavy (non-hydrogen) atoms.